The summed E-state index contributed by atoms with van der Waals surface area (Å²) in [7, 11) is 0. The van der Waals surface area contributed by atoms with Gasteiger partial charge in [0.2, 0.25) is 0 Å². The third-order valence-electron chi connectivity index (χ3n) is 4.51. The molecule has 1 N–H and O–H groups in total. The molecule has 1 atom stereocenters. The zero-order valence-electron chi connectivity index (χ0n) is 12.0. The van der Waals surface area contributed by atoms with Crippen LogP contribution in [0.1, 0.15) is 43.6 Å². The van der Waals surface area contributed by atoms with Crippen molar-refractivity contribution in [1.82, 2.24) is 5.32 Å². The van der Waals surface area contributed by atoms with Gasteiger partial charge >= 0.3 is 0 Å². The smallest absolute Gasteiger partial charge is 0.0468 e. The van der Waals surface area contributed by atoms with E-state index in [1.54, 1.807) is 0 Å². The molecule has 1 aliphatic carbocycles. The molecule has 1 saturated heterocycles. The number of rotatable bonds is 6. The second-order valence-electron chi connectivity index (χ2n) is 6.23. The SMILES string of the molecule is Brc1cccc(C(CNC2CC2)CC2CCOCC2)c1. The molecule has 3 rings (SSSR count). The van der Waals surface area contributed by atoms with Crippen LogP contribution >= 0.6 is 15.9 Å². The Morgan fingerprint density at radius 1 is 1.20 bits per heavy atom. The minimum absolute atomic E-state index is 0.635. The van der Waals surface area contributed by atoms with Gasteiger partial charge < -0.3 is 10.1 Å². The number of ether oxygens (including phenoxy) is 1. The maximum Gasteiger partial charge on any atom is 0.0468 e. The molecule has 0 spiro atoms. The van der Waals surface area contributed by atoms with E-state index in [-0.39, 0.29) is 0 Å². The molecule has 110 valence electrons. The van der Waals surface area contributed by atoms with Crippen molar-refractivity contribution >= 4 is 15.9 Å². The fraction of sp³-hybridized carbons (Fsp3) is 0.647. The molecular formula is C17H24BrNO. The second kappa shape index (κ2) is 7.06. The lowest BCUT2D eigenvalue weighted by Crippen LogP contribution is -2.26. The van der Waals surface area contributed by atoms with E-state index in [1.807, 2.05) is 0 Å². The van der Waals surface area contributed by atoms with E-state index >= 15 is 0 Å². The first-order chi connectivity index (χ1) is 9.81. The van der Waals surface area contributed by atoms with Gasteiger partial charge in [-0.2, -0.15) is 0 Å². The van der Waals surface area contributed by atoms with Crippen LogP contribution in [0, 0.1) is 5.92 Å². The number of hydrogen-bond donors (Lipinski definition) is 1. The molecule has 1 aromatic carbocycles. The highest BCUT2D eigenvalue weighted by Crippen LogP contribution is 2.31. The molecule has 2 fully saturated rings. The largest absolute Gasteiger partial charge is 0.381 e. The third-order valence-corrected chi connectivity index (χ3v) is 5.00. The van der Waals surface area contributed by atoms with Gasteiger partial charge in [0, 0.05) is 30.3 Å². The van der Waals surface area contributed by atoms with Crippen LogP contribution in [0.15, 0.2) is 28.7 Å². The maximum atomic E-state index is 5.49. The summed E-state index contributed by atoms with van der Waals surface area (Å²) in [4.78, 5) is 0. The molecule has 1 aliphatic heterocycles. The van der Waals surface area contributed by atoms with E-state index in [1.165, 1.54) is 42.1 Å². The van der Waals surface area contributed by atoms with Crippen LogP contribution in [0.2, 0.25) is 0 Å². The van der Waals surface area contributed by atoms with Crippen LogP contribution < -0.4 is 5.32 Å². The summed E-state index contributed by atoms with van der Waals surface area (Å²) >= 11 is 3.61. The third kappa shape index (κ3) is 4.31. The standard InChI is InChI=1S/C17H24BrNO/c18-16-3-1-2-14(11-16)15(12-19-17-4-5-17)10-13-6-8-20-9-7-13/h1-3,11,13,15,17,19H,4-10,12H2. The van der Waals surface area contributed by atoms with Crippen molar-refractivity contribution < 1.29 is 4.74 Å². The topological polar surface area (TPSA) is 21.3 Å². The van der Waals surface area contributed by atoms with Gasteiger partial charge in [-0.15, -0.1) is 0 Å². The van der Waals surface area contributed by atoms with E-state index in [0.717, 1.165) is 31.7 Å². The van der Waals surface area contributed by atoms with Gasteiger partial charge in [0.25, 0.3) is 0 Å². The van der Waals surface area contributed by atoms with Crippen LogP contribution in [0.4, 0.5) is 0 Å². The Bertz CT molecular complexity index is 427. The molecule has 3 heteroatoms. The van der Waals surface area contributed by atoms with Gasteiger partial charge in [-0.05, 0) is 61.6 Å². The van der Waals surface area contributed by atoms with Crippen LogP contribution in [0.5, 0.6) is 0 Å². The average molecular weight is 338 g/mol. The molecule has 1 saturated carbocycles. The van der Waals surface area contributed by atoms with E-state index in [4.69, 9.17) is 4.74 Å². The highest BCUT2D eigenvalue weighted by molar-refractivity contribution is 9.10. The van der Waals surface area contributed by atoms with Crippen molar-refractivity contribution in [3.63, 3.8) is 0 Å². The molecule has 20 heavy (non-hydrogen) atoms. The van der Waals surface area contributed by atoms with Gasteiger partial charge in [-0.3, -0.25) is 0 Å². The molecule has 1 aromatic rings. The van der Waals surface area contributed by atoms with Crippen LogP contribution in [-0.4, -0.2) is 25.8 Å². The first kappa shape index (κ1) is 14.6. The number of halogens is 1. The van der Waals surface area contributed by atoms with E-state index in [9.17, 15) is 0 Å². The molecule has 2 nitrogen and oxygen atoms in total. The first-order valence-corrected chi connectivity index (χ1v) is 8.67. The summed E-state index contributed by atoms with van der Waals surface area (Å²) in [5, 5.41) is 3.72. The Morgan fingerprint density at radius 2 is 2.00 bits per heavy atom. The van der Waals surface area contributed by atoms with Gasteiger partial charge in [0.1, 0.15) is 0 Å². The lowest BCUT2D eigenvalue weighted by atomic mass is 9.85. The summed E-state index contributed by atoms with van der Waals surface area (Å²) in [5.74, 6) is 1.46. The highest BCUT2D eigenvalue weighted by atomic mass is 79.9. The van der Waals surface area contributed by atoms with Gasteiger partial charge in [0.15, 0.2) is 0 Å². The Hall–Kier alpha value is -0.380. The molecule has 2 aliphatic rings. The lowest BCUT2D eigenvalue weighted by molar-refractivity contribution is 0.0616. The molecule has 0 radical (unpaired) electrons. The number of benzene rings is 1. The van der Waals surface area contributed by atoms with Crippen LogP contribution in [0.25, 0.3) is 0 Å². The van der Waals surface area contributed by atoms with Gasteiger partial charge in [0.05, 0.1) is 0 Å². The fourth-order valence-corrected chi connectivity index (χ4v) is 3.50. The van der Waals surface area contributed by atoms with Crippen molar-refractivity contribution in [2.75, 3.05) is 19.8 Å². The quantitative estimate of drug-likeness (QED) is 0.843. The van der Waals surface area contributed by atoms with E-state index in [0.29, 0.717) is 5.92 Å². The van der Waals surface area contributed by atoms with E-state index < -0.39 is 0 Å². The minimum Gasteiger partial charge on any atom is -0.381 e. The average Bonchev–Trinajstić information content (AvgIpc) is 3.29. The zero-order chi connectivity index (χ0) is 13.8. The molecule has 0 bridgehead atoms. The van der Waals surface area contributed by atoms with Gasteiger partial charge in [-0.1, -0.05) is 28.1 Å². The predicted octanol–water partition coefficient (Wildman–Crippen LogP) is 4.10. The first-order valence-electron chi connectivity index (χ1n) is 7.88. The number of hydrogen-bond acceptors (Lipinski definition) is 2. The van der Waals surface area contributed by atoms with Crippen molar-refractivity contribution in [3.05, 3.63) is 34.3 Å². The van der Waals surface area contributed by atoms with Crippen molar-refractivity contribution in [1.29, 1.82) is 0 Å². The molecule has 0 amide bonds. The summed E-state index contributed by atoms with van der Waals surface area (Å²) in [6.07, 6.45) is 6.48. The molecule has 0 aromatic heterocycles. The maximum absolute atomic E-state index is 5.49. The summed E-state index contributed by atoms with van der Waals surface area (Å²) in [6, 6.07) is 9.64. The lowest BCUT2D eigenvalue weighted by Gasteiger charge is -2.27. The normalized spacial score (nSPS) is 21.9. The van der Waals surface area contributed by atoms with E-state index in [2.05, 4.69) is 45.5 Å². The minimum atomic E-state index is 0.635. The fourth-order valence-electron chi connectivity index (χ4n) is 3.08. The van der Waals surface area contributed by atoms with Crippen molar-refractivity contribution in [3.8, 4) is 0 Å². The second-order valence-corrected chi connectivity index (χ2v) is 7.14. The predicted molar refractivity (Wildman–Crippen MR) is 86.1 cm³/mol. The molecule has 1 heterocycles. The highest BCUT2D eigenvalue weighted by Gasteiger charge is 2.25. The Morgan fingerprint density at radius 3 is 2.70 bits per heavy atom. The number of nitrogens with one attached hydrogen (secondary N) is 1. The van der Waals surface area contributed by atoms with Crippen molar-refractivity contribution in [2.24, 2.45) is 5.92 Å². The summed E-state index contributed by atoms with van der Waals surface area (Å²) in [6.45, 7) is 3.02. The Kier molecular flexibility index (Phi) is 5.14. The van der Waals surface area contributed by atoms with Crippen LogP contribution in [0.3, 0.4) is 0 Å². The monoisotopic (exact) mass is 337 g/mol. The molecule has 1 unspecified atom stereocenters. The van der Waals surface area contributed by atoms with Gasteiger partial charge in [-0.25, -0.2) is 0 Å². The Labute approximate surface area is 130 Å². The summed E-state index contributed by atoms with van der Waals surface area (Å²) < 4.78 is 6.68. The van der Waals surface area contributed by atoms with Crippen molar-refractivity contribution in [2.45, 2.75) is 44.1 Å². The zero-order valence-corrected chi connectivity index (χ0v) is 13.6. The Balaban J connectivity index is 1.64. The molecular weight excluding hydrogens is 314 g/mol. The van der Waals surface area contributed by atoms with Crippen LogP contribution in [-0.2, 0) is 4.74 Å². The summed E-state index contributed by atoms with van der Waals surface area (Å²) in [5.41, 5.74) is 1.47.